The van der Waals surface area contributed by atoms with E-state index in [1.807, 2.05) is 82.6 Å². The molecule has 0 heterocycles. The molecule has 6 aromatic carbocycles. The first-order chi connectivity index (χ1) is 49.1. The molecule has 0 atom stereocenters. The molecule has 6 amide bonds. The van der Waals surface area contributed by atoms with Gasteiger partial charge in [0, 0.05) is 96.3 Å². The van der Waals surface area contributed by atoms with Crippen LogP contribution in [0.5, 0.6) is 0 Å². The molecular formula is C75H96N10O15. The molecule has 25 nitrogen and oxygen atoms in total. The highest BCUT2D eigenvalue weighted by Gasteiger charge is 2.32. The topological polar surface area (TPSA) is 302 Å². The Morgan fingerprint density at radius 3 is 0.860 bits per heavy atom. The molecular weight excluding hydrogens is 1280 g/mol. The lowest BCUT2D eigenvalue weighted by Crippen LogP contribution is -2.47. The van der Waals surface area contributed by atoms with Crippen LogP contribution in [0.4, 0.5) is 14.4 Å². The van der Waals surface area contributed by atoms with Crippen LogP contribution < -0.4 is 43.0 Å². The fraction of sp³-hybridized carbons (Fsp3) is 0.440. The fourth-order valence-corrected chi connectivity index (χ4v) is 12.4. The van der Waals surface area contributed by atoms with Crippen LogP contribution in [0.3, 0.4) is 0 Å². The standard InChI is InChI=1S/C75H96N10O15/c76-25-33-84(50-71(87)79-28-38-93-44-47-96-41-31-82-74(90)99-53-68-63-21-9-3-15-57(63)58-16-4-10-22-64(58)68)35-36-85(51-72(88)80-29-39-94-45-48-97-42-32-83-75(91)100-54-69-65-23-11-5-17-59(65)60-18-6-12-24-66(60)69)34-26-77-49-70(86)78-27-37-92-43-46-95-40-30-81-73(89)98-52-67-61-19-7-1-13-55(61)56-14-2-8-20-62(56)67/h1-24,67-69,77H,25-54,76H2,(H,78,86)(H,79,87)(H,80,88)(H,81,89)(H,82,90)(H,83,91). The summed E-state index contributed by atoms with van der Waals surface area (Å²) < 4.78 is 50.6. The molecule has 0 saturated carbocycles. The number of benzene rings is 6. The molecule has 536 valence electrons. The molecule has 100 heavy (non-hydrogen) atoms. The number of nitrogens with zero attached hydrogens (tertiary/aromatic N) is 2. The Hall–Kier alpha value is -8.86. The number of carbonyl (C=O) groups is 6. The van der Waals surface area contributed by atoms with Crippen molar-refractivity contribution in [3.8, 4) is 33.4 Å². The van der Waals surface area contributed by atoms with Crippen molar-refractivity contribution in [3.63, 3.8) is 0 Å². The lowest BCUT2D eigenvalue weighted by Gasteiger charge is -2.27. The molecule has 0 unspecified atom stereocenters. The van der Waals surface area contributed by atoms with E-state index in [0.717, 1.165) is 66.8 Å². The van der Waals surface area contributed by atoms with E-state index in [9.17, 15) is 28.8 Å². The molecule has 0 bridgehead atoms. The van der Waals surface area contributed by atoms with Crippen molar-refractivity contribution in [1.29, 1.82) is 0 Å². The molecule has 9 rings (SSSR count). The minimum absolute atomic E-state index is 0.0227. The van der Waals surface area contributed by atoms with Gasteiger partial charge in [-0.3, -0.25) is 24.2 Å². The zero-order valence-electron chi connectivity index (χ0n) is 56.9. The van der Waals surface area contributed by atoms with Gasteiger partial charge in [-0.15, -0.1) is 0 Å². The Bertz CT molecular complexity index is 3410. The van der Waals surface area contributed by atoms with Crippen LogP contribution >= 0.6 is 0 Å². The number of rotatable bonds is 47. The highest BCUT2D eigenvalue weighted by molar-refractivity contribution is 5.82. The van der Waals surface area contributed by atoms with Crippen molar-refractivity contribution < 1.29 is 71.4 Å². The highest BCUT2D eigenvalue weighted by Crippen LogP contribution is 2.47. The monoisotopic (exact) mass is 1380 g/mol. The zero-order chi connectivity index (χ0) is 69.8. The van der Waals surface area contributed by atoms with Crippen molar-refractivity contribution in [1.82, 2.24) is 47.0 Å². The molecule has 3 aliphatic rings. The zero-order valence-corrected chi connectivity index (χ0v) is 56.9. The number of hydrogen-bond donors (Lipinski definition) is 8. The molecule has 6 aromatic rings. The molecule has 0 aliphatic heterocycles. The molecule has 25 heteroatoms. The van der Waals surface area contributed by atoms with Crippen molar-refractivity contribution >= 4 is 36.0 Å². The summed E-state index contributed by atoms with van der Waals surface area (Å²) in [4.78, 5) is 80.6. The number of hydrogen-bond acceptors (Lipinski definition) is 19. The SMILES string of the molecule is NCCN(CCN(CCNCC(=O)NCCOCCOCCNC(=O)OCC1c2ccccc2-c2ccccc21)CC(=O)NCCOCCOCCNC(=O)OCC1c2ccccc2-c2ccccc21)CC(=O)NCCOCCOCCNC(=O)OCC1c2ccccc2-c2ccccc21. The first-order valence-corrected chi connectivity index (χ1v) is 34.5. The number of fused-ring (bicyclic) bond motifs is 9. The van der Waals surface area contributed by atoms with Crippen LogP contribution in [0.15, 0.2) is 146 Å². The average Bonchev–Trinajstić information content (AvgIpc) is 1.64. The van der Waals surface area contributed by atoms with Crippen LogP contribution in [-0.4, -0.2) is 243 Å². The molecule has 0 aromatic heterocycles. The summed E-state index contributed by atoms with van der Waals surface area (Å²) in [5.74, 6) is -0.746. The second-order valence-electron chi connectivity index (χ2n) is 24.0. The smallest absolute Gasteiger partial charge is 0.407 e. The first-order valence-electron chi connectivity index (χ1n) is 34.5. The predicted molar refractivity (Wildman–Crippen MR) is 378 cm³/mol. The van der Waals surface area contributed by atoms with E-state index in [1.54, 1.807) is 0 Å². The quantitative estimate of drug-likeness (QED) is 0.0180. The van der Waals surface area contributed by atoms with E-state index in [0.29, 0.717) is 65.7 Å². The average molecular weight is 1380 g/mol. The lowest BCUT2D eigenvalue weighted by molar-refractivity contribution is -0.124. The van der Waals surface area contributed by atoms with E-state index >= 15 is 0 Å². The molecule has 0 radical (unpaired) electrons. The molecule has 0 saturated heterocycles. The molecule has 9 N–H and O–H groups in total. The van der Waals surface area contributed by atoms with Crippen molar-refractivity contribution in [2.45, 2.75) is 17.8 Å². The number of nitrogens with two attached hydrogens (primary N) is 1. The van der Waals surface area contributed by atoms with E-state index in [-0.39, 0.29) is 167 Å². The number of amides is 6. The van der Waals surface area contributed by atoms with Crippen LogP contribution in [0.25, 0.3) is 33.4 Å². The van der Waals surface area contributed by atoms with E-state index in [1.165, 1.54) is 0 Å². The van der Waals surface area contributed by atoms with Gasteiger partial charge in [0.1, 0.15) is 19.8 Å². The summed E-state index contributed by atoms with van der Waals surface area (Å²) in [6.07, 6.45) is -1.54. The van der Waals surface area contributed by atoms with E-state index in [2.05, 4.69) is 110 Å². The lowest BCUT2D eigenvalue weighted by atomic mass is 9.98. The van der Waals surface area contributed by atoms with Crippen molar-refractivity contribution in [2.75, 3.05) is 197 Å². The Labute approximate surface area is 585 Å². The summed E-state index contributed by atoms with van der Waals surface area (Å²) >= 11 is 0. The number of nitrogens with one attached hydrogen (secondary N) is 7. The van der Waals surface area contributed by atoms with Gasteiger partial charge < -0.3 is 85.6 Å². The van der Waals surface area contributed by atoms with Crippen LogP contribution in [-0.2, 0) is 57.0 Å². The van der Waals surface area contributed by atoms with Gasteiger partial charge in [-0.25, -0.2) is 14.4 Å². The molecule has 0 spiro atoms. The predicted octanol–water partition coefficient (Wildman–Crippen LogP) is 5.20. The van der Waals surface area contributed by atoms with Gasteiger partial charge >= 0.3 is 18.3 Å². The van der Waals surface area contributed by atoms with Gasteiger partial charge in [0.2, 0.25) is 17.7 Å². The van der Waals surface area contributed by atoms with E-state index < -0.39 is 18.3 Å². The minimum atomic E-state index is -0.515. The first kappa shape index (κ1) is 75.3. The summed E-state index contributed by atoms with van der Waals surface area (Å²) in [5.41, 5.74) is 19.8. The van der Waals surface area contributed by atoms with Gasteiger partial charge in [-0.05, 0) is 66.8 Å². The van der Waals surface area contributed by atoms with Gasteiger partial charge in [-0.1, -0.05) is 146 Å². The Morgan fingerprint density at radius 1 is 0.310 bits per heavy atom. The van der Waals surface area contributed by atoms with E-state index in [4.69, 9.17) is 48.4 Å². The summed E-state index contributed by atoms with van der Waals surface area (Å²) in [5, 5.41) is 20.0. The Morgan fingerprint density at radius 2 is 0.570 bits per heavy atom. The van der Waals surface area contributed by atoms with Crippen molar-refractivity contribution in [3.05, 3.63) is 179 Å². The van der Waals surface area contributed by atoms with Crippen LogP contribution in [0.1, 0.15) is 51.1 Å². The third kappa shape index (κ3) is 23.9. The number of carbonyl (C=O) groups excluding carboxylic acids is 6. The summed E-state index contributed by atoms with van der Waals surface area (Å²) in [6.45, 7) is 8.22. The number of alkyl carbamates (subject to hydrolysis) is 3. The maximum Gasteiger partial charge on any atom is 0.407 e. The van der Waals surface area contributed by atoms with Crippen LogP contribution in [0, 0.1) is 0 Å². The number of ether oxygens (including phenoxy) is 9. The highest BCUT2D eigenvalue weighted by atomic mass is 16.6. The van der Waals surface area contributed by atoms with Crippen molar-refractivity contribution in [2.24, 2.45) is 5.73 Å². The Kier molecular flexibility index (Phi) is 31.9. The molecule has 3 aliphatic carbocycles. The third-order valence-electron chi connectivity index (χ3n) is 17.2. The maximum atomic E-state index is 13.3. The summed E-state index contributed by atoms with van der Waals surface area (Å²) in [7, 11) is 0. The largest absolute Gasteiger partial charge is 0.449 e. The minimum Gasteiger partial charge on any atom is -0.449 e. The maximum absolute atomic E-state index is 13.3. The van der Waals surface area contributed by atoms with Gasteiger partial charge in [0.05, 0.1) is 98.9 Å². The molecule has 0 fully saturated rings. The second-order valence-corrected chi connectivity index (χ2v) is 24.0. The normalized spacial score (nSPS) is 12.6. The summed E-state index contributed by atoms with van der Waals surface area (Å²) in [6, 6.07) is 49.0. The van der Waals surface area contributed by atoms with Gasteiger partial charge in [-0.2, -0.15) is 0 Å². The van der Waals surface area contributed by atoms with Crippen LogP contribution in [0.2, 0.25) is 0 Å². The van der Waals surface area contributed by atoms with Gasteiger partial charge in [0.25, 0.3) is 0 Å². The fourth-order valence-electron chi connectivity index (χ4n) is 12.4. The van der Waals surface area contributed by atoms with Gasteiger partial charge in [0.15, 0.2) is 0 Å². The Balaban J connectivity index is 0.602. The second kappa shape index (κ2) is 42.3. The third-order valence-corrected chi connectivity index (χ3v) is 17.2.